The minimum atomic E-state index is 0.175. The van der Waals surface area contributed by atoms with E-state index in [9.17, 15) is 0 Å². The second-order valence-electron chi connectivity index (χ2n) is 9.45. The van der Waals surface area contributed by atoms with Gasteiger partial charge in [-0.2, -0.15) is 0 Å². The summed E-state index contributed by atoms with van der Waals surface area (Å²) < 4.78 is 0. The van der Waals surface area contributed by atoms with E-state index in [1.807, 2.05) is 23.3 Å². The Bertz CT molecular complexity index is 1320. The minimum absolute atomic E-state index is 0.175. The van der Waals surface area contributed by atoms with Crippen LogP contribution in [0.2, 0.25) is 12.1 Å². The van der Waals surface area contributed by atoms with Crippen molar-refractivity contribution in [3.63, 3.8) is 0 Å². The minimum Gasteiger partial charge on any atom is -0.126 e. The van der Waals surface area contributed by atoms with Gasteiger partial charge in [-0.15, -0.1) is 79.5 Å². The zero-order valence-corrected chi connectivity index (χ0v) is 25.1. The number of unbranched alkanes of at least 4 members (excludes halogenated alkanes) is 2. The Morgan fingerprint density at radius 3 is 1.06 bits per heavy atom. The Balaban J connectivity index is 0.000000129. The largest absolute Gasteiger partial charge is 0.126 e. The van der Waals surface area contributed by atoms with E-state index in [1.165, 1.54) is 68.8 Å². The van der Waals surface area contributed by atoms with E-state index in [4.69, 9.17) is 0 Å². The molecule has 6 rings (SSSR count). The molecule has 6 aromatic carbocycles. The third-order valence-corrected chi connectivity index (χ3v) is 12.3. The van der Waals surface area contributed by atoms with Crippen molar-refractivity contribution in [2.45, 2.75) is 51.6 Å². The van der Waals surface area contributed by atoms with Crippen LogP contribution < -0.4 is 0 Å². The van der Waals surface area contributed by atoms with Gasteiger partial charge >= 0.3 is 80.4 Å². The van der Waals surface area contributed by atoms with Gasteiger partial charge in [0, 0.05) is 0 Å². The van der Waals surface area contributed by atoms with Crippen LogP contribution in [0.25, 0.3) is 43.1 Å². The normalized spacial score (nSPS) is 10.8. The van der Waals surface area contributed by atoms with Crippen molar-refractivity contribution < 1.29 is 23.3 Å². The van der Waals surface area contributed by atoms with Gasteiger partial charge < -0.3 is 0 Å². The van der Waals surface area contributed by atoms with Crippen LogP contribution in [0, 0.1) is 0 Å². The Labute approximate surface area is 231 Å². The summed E-state index contributed by atoms with van der Waals surface area (Å²) in [6.45, 7) is 4.59. The molecule has 0 aliphatic heterocycles. The molecule has 0 heterocycles. The molecule has 0 unspecified atom stereocenters. The van der Waals surface area contributed by atoms with Gasteiger partial charge in [-0.3, -0.25) is 0 Å². The van der Waals surface area contributed by atoms with Crippen LogP contribution >= 0.6 is 0 Å². The fourth-order valence-corrected chi connectivity index (χ4v) is 9.13. The standard InChI is InChI=1S/2C13H9.C8H18Si.Zr/c2*1-3-7-12-10(5-1)9-11-6-2-4-8-13(11)12;1-3-5-7-9-8-6-4-2;/h2*1-9H;3-8H2,1-2H3;/q2*-1;;+2. The van der Waals surface area contributed by atoms with Gasteiger partial charge in [-0.05, 0) is 0 Å². The van der Waals surface area contributed by atoms with E-state index in [1.54, 1.807) is 12.1 Å². The van der Waals surface area contributed by atoms with Gasteiger partial charge in [0.1, 0.15) is 0 Å². The van der Waals surface area contributed by atoms with E-state index >= 15 is 0 Å². The molecule has 180 valence electrons. The van der Waals surface area contributed by atoms with E-state index in [0.29, 0.717) is 0 Å². The molecule has 0 aromatic heterocycles. The van der Waals surface area contributed by atoms with Gasteiger partial charge in [-0.1, -0.05) is 72.8 Å². The summed E-state index contributed by atoms with van der Waals surface area (Å²) in [5, 5.41) is 10.8. The maximum absolute atomic E-state index is 2.30. The van der Waals surface area contributed by atoms with Crippen LogP contribution in [-0.4, -0.2) is 5.43 Å². The van der Waals surface area contributed by atoms with Gasteiger partial charge in [-0.25, -0.2) is 0 Å². The molecule has 0 spiro atoms. The smallest absolute Gasteiger partial charge is 0.0771 e. The molecule has 0 amide bonds. The molecule has 0 N–H and O–H groups in total. The quantitative estimate of drug-likeness (QED) is 0.140. The first-order valence-electron chi connectivity index (χ1n) is 13.3. The van der Waals surface area contributed by atoms with Gasteiger partial charge in [0.05, 0.1) is 0 Å². The summed E-state index contributed by atoms with van der Waals surface area (Å²) in [5.41, 5.74) is 0.175. The Morgan fingerprint density at radius 1 is 0.500 bits per heavy atom. The van der Waals surface area contributed by atoms with Gasteiger partial charge in [0.2, 0.25) is 0 Å². The Kier molecular flexibility index (Phi) is 10.3. The molecular weight excluding hydrogens is 528 g/mol. The molecule has 0 aliphatic carbocycles. The number of fused-ring (bicyclic) bond motifs is 6. The summed E-state index contributed by atoms with van der Waals surface area (Å²) in [5.74, 6) is 0. The Morgan fingerprint density at radius 2 is 0.778 bits per heavy atom. The first-order chi connectivity index (χ1) is 17.7. The average molecular weight is 564 g/mol. The third kappa shape index (κ3) is 6.93. The molecular formula is C34H36SiZr. The Hall–Kier alpha value is -2.28. The van der Waals surface area contributed by atoms with Crippen LogP contribution in [0.1, 0.15) is 39.5 Å². The van der Waals surface area contributed by atoms with Crippen LogP contribution in [-0.2, 0) is 23.3 Å². The molecule has 6 aromatic rings. The van der Waals surface area contributed by atoms with Crippen molar-refractivity contribution in [3.8, 4) is 0 Å². The monoisotopic (exact) mass is 562 g/mol. The first-order valence-corrected chi connectivity index (χ1v) is 18.9. The van der Waals surface area contributed by atoms with Crippen molar-refractivity contribution in [1.82, 2.24) is 0 Å². The number of benzene rings is 4. The second kappa shape index (κ2) is 13.9. The number of rotatable bonds is 6. The van der Waals surface area contributed by atoms with Gasteiger partial charge in [0.25, 0.3) is 0 Å². The number of hydrogen-bond acceptors (Lipinski definition) is 0. The number of hydrogen-bond donors (Lipinski definition) is 0. The van der Waals surface area contributed by atoms with E-state index in [2.05, 4.69) is 123 Å². The zero-order chi connectivity index (χ0) is 25.2. The molecule has 2 heteroatoms. The SMILES string of the molecule is CCCC[Si](=[Zr+2])CCCC.c1ccc2c(c1)[cH-]c1ccccc12.c1ccc2c(c1)[cH-]c1ccccc12. The summed E-state index contributed by atoms with van der Waals surface area (Å²) in [7, 11) is 0. The van der Waals surface area contributed by atoms with Crippen molar-refractivity contribution in [1.29, 1.82) is 0 Å². The zero-order valence-electron chi connectivity index (χ0n) is 21.6. The maximum atomic E-state index is 2.30. The summed E-state index contributed by atoms with van der Waals surface area (Å²) in [6.07, 6.45) is 5.77. The van der Waals surface area contributed by atoms with Crippen molar-refractivity contribution in [3.05, 3.63) is 109 Å². The predicted octanol–water partition coefficient (Wildman–Crippen LogP) is 10.5. The van der Waals surface area contributed by atoms with Crippen molar-refractivity contribution in [2.24, 2.45) is 0 Å². The van der Waals surface area contributed by atoms with E-state index in [0.717, 1.165) is 0 Å². The van der Waals surface area contributed by atoms with Crippen LogP contribution in [0.4, 0.5) is 0 Å². The van der Waals surface area contributed by atoms with Crippen molar-refractivity contribution in [2.75, 3.05) is 0 Å². The molecule has 0 saturated heterocycles. The van der Waals surface area contributed by atoms with Gasteiger partial charge in [0.15, 0.2) is 0 Å². The van der Waals surface area contributed by atoms with Crippen LogP contribution in [0.15, 0.2) is 109 Å². The fraction of sp³-hybridized carbons (Fsp3) is 0.235. The third-order valence-electron chi connectivity index (χ3n) is 6.71. The fourth-order valence-electron chi connectivity index (χ4n) is 4.71. The molecule has 0 atom stereocenters. The molecule has 0 aliphatic rings. The molecule has 0 fully saturated rings. The second-order valence-corrected chi connectivity index (χ2v) is 16.9. The summed E-state index contributed by atoms with van der Waals surface area (Å²) in [4.78, 5) is 0. The molecule has 0 nitrogen and oxygen atoms in total. The van der Waals surface area contributed by atoms with Crippen molar-refractivity contribution >= 4 is 48.5 Å². The van der Waals surface area contributed by atoms with E-state index < -0.39 is 0 Å². The molecule has 0 bridgehead atoms. The molecule has 0 radical (unpaired) electrons. The summed E-state index contributed by atoms with van der Waals surface area (Å²) >= 11 is 1.86. The maximum Gasteiger partial charge on any atom is -0.0771 e. The van der Waals surface area contributed by atoms with E-state index in [-0.39, 0.29) is 5.43 Å². The topological polar surface area (TPSA) is 0 Å². The predicted molar refractivity (Wildman–Crippen MR) is 159 cm³/mol. The molecule has 36 heavy (non-hydrogen) atoms. The average Bonchev–Trinajstić information content (AvgIpc) is 3.50. The molecule has 0 saturated carbocycles. The summed E-state index contributed by atoms with van der Waals surface area (Å²) in [6, 6.07) is 41.7. The first kappa shape index (κ1) is 26.8. The van der Waals surface area contributed by atoms with Crippen LogP contribution in [0.3, 0.4) is 0 Å². The van der Waals surface area contributed by atoms with Crippen LogP contribution in [0.5, 0.6) is 0 Å².